The molecular formula is C12H21Cl2N3. The molecule has 0 aromatic carbocycles. The molecule has 1 aliphatic carbocycles. The van der Waals surface area contributed by atoms with E-state index in [0.29, 0.717) is 12.1 Å². The van der Waals surface area contributed by atoms with Gasteiger partial charge in [-0.15, -0.1) is 24.8 Å². The molecule has 0 atom stereocenters. The third kappa shape index (κ3) is 5.11. The maximum Gasteiger partial charge on any atom is 0.126 e. The minimum absolute atomic E-state index is 0. The lowest BCUT2D eigenvalue weighted by molar-refractivity contribution is 0.410. The van der Waals surface area contributed by atoms with Crippen molar-refractivity contribution in [3.63, 3.8) is 0 Å². The van der Waals surface area contributed by atoms with Gasteiger partial charge in [0.25, 0.3) is 0 Å². The van der Waals surface area contributed by atoms with Gasteiger partial charge in [-0.2, -0.15) is 0 Å². The predicted octanol–water partition coefficient (Wildman–Crippen LogP) is 2.92. The van der Waals surface area contributed by atoms with E-state index >= 15 is 0 Å². The Labute approximate surface area is 115 Å². The van der Waals surface area contributed by atoms with Gasteiger partial charge in [0.05, 0.1) is 0 Å². The van der Waals surface area contributed by atoms with Gasteiger partial charge in [0.2, 0.25) is 0 Å². The summed E-state index contributed by atoms with van der Waals surface area (Å²) in [5.41, 5.74) is 7.07. The molecule has 0 spiro atoms. The number of aromatic nitrogens is 1. The fourth-order valence-corrected chi connectivity index (χ4v) is 2.03. The Hall–Kier alpha value is -0.510. The Balaban J connectivity index is 0.00000128. The number of aryl methyl sites for hydroxylation is 1. The molecule has 1 aliphatic rings. The summed E-state index contributed by atoms with van der Waals surface area (Å²) in [6.45, 7) is 2.05. The molecule has 3 N–H and O–H groups in total. The lowest BCUT2D eigenvalue weighted by Crippen LogP contribution is -2.32. The number of nitrogens with one attached hydrogen (secondary N) is 1. The van der Waals surface area contributed by atoms with Crippen LogP contribution in [0.5, 0.6) is 0 Å². The van der Waals surface area contributed by atoms with E-state index in [2.05, 4.69) is 23.3 Å². The molecule has 1 heterocycles. The molecule has 17 heavy (non-hydrogen) atoms. The topological polar surface area (TPSA) is 50.9 Å². The van der Waals surface area contributed by atoms with Crippen LogP contribution in [-0.4, -0.2) is 17.1 Å². The van der Waals surface area contributed by atoms with E-state index in [0.717, 1.165) is 31.5 Å². The lowest BCUT2D eigenvalue weighted by Gasteiger charge is -2.27. The molecule has 0 amide bonds. The van der Waals surface area contributed by atoms with Crippen LogP contribution < -0.4 is 11.1 Å². The summed E-state index contributed by atoms with van der Waals surface area (Å²) >= 11 is 0. The van der Waals surface area contributed by atoms with Crippen LogP contribution in [-0.2, 0) is 0 Å². The molecule has 0 unspecified atom stereocenters. The summed E-state index contributed by atoms with van der Waals surface area (Å²) < 4.78 is 0. The molecule has 0 bridgehead atoms. The van der Waals surface area contributed by atoms with E-state index in [-0.39, 0.29) is 24.8 Å². The van der Waals surface area contributed by atoms with Crippen LogP contribution in [0.15, 0.2) is 18.3 Å². The van der Waals surface area contributed by atoms with Gasteiger partial charge >= 0.3 is 0 Å². The molecule has 3 nitrogen and oxygen atoms in total. The van der Waals surface area contributed by atoms with Crippen molar-refractivity contribution < 1.29 is 0 Å². The van der Waals surface area contributed by atoms with Gasteiger partial charge in [0.1, 0.15) is 5.82 Å². The molecular weight excluding hydrogens is 257 g/mol. The van der Waals surface area contributed by atoms with Crippen LogP contribution in [0.1, 0.15) is 31.2 Å². The number of hydrogen-bond acceptors (Lipinski definition) is 3. The van der Waals surface area contributed by atoms with Crippen molar-refractivity contribution in [3.05, 3.63) is 23.9 Å². The molecule has 1 saturated carbocycles. The highest BCUT2D eigenvalue weighted by atomic mass is 35.5. The summed E-state index contributed by atoms with van der Waals surface area (Å²) in [6.07, 6.45) is 6.48. The molecule has 0 aliphatic heterocycles. The van der Waals surface area contributed by atoms with E-state index in [1.165, 1.54) is 5.56 Å². The van der Waals surface area contributed by atoms with Crippen molar-refractivity contribution in [1.29, 1.82) is 0 Å². The minimum atomic E-state index is 0. The molecule has 5 heteroatoms. The van der Waals surface area contributed by atoms with Gasteiger partial charge in [-0.25, -0.2) is 4.98 Å². The first kappa shape index (κ1) is 16.5. The average Bonchev–Trinajstić information content (AvgIpc) is 2.25. The number of nitrogens with two attached hydrogens (primary N) is 1. The van der Waals surface area contributed by atoms with Crippen LogP contribution in [0.25, 0.3) is 0 Å². The zero-order valence-corrected chi connectivity index (χ0v) is 11.7. The standard InChI is InChI=1S/C12H19N3.2ClH/c1-9-2-7-12(14-8-9)15-11-5-3-10(13)4-6-11;;/h2,7-8,10-11H,3-6,13H2,1H3,(H,14,15);2*1H. The summed E-state index contributed by atoms with van der Waals surface area (Å²) in [7, 11) is 0. The second-order valence-corrected chi connectivity index (χ2v) is 4.48. The van der Waals surface area contributed by atoms with Crippen LogP contribution in [0.2, 0.25) is 0 Å². The third-order valence-corrected chi connectivity index (χ3v) is 3.04. The smallest absolute Gasteiger partial charge is 0.126 e. The predicted molar refractivity (Wildman–Crippen MR) is 77.3 cm³/mol. The van der Waals surface area contributed by atoms with Gasteiger partial charge in [-0.1, -0.05) is 6.07 Å². The van der Waals surface area contributed by atoms with Gasteiger partial charge in [0, 0.05) is 18.3 Å². The Kier molecular flexibility index (Phi) is 7.51. The second-order valence-electron chi connectivity index (χ2n) is 4.48. The zero-order valence-electron chi connectivity index (χ0n) is 10.1. The van der Waals surface area contributed by atoms with Gasteiger partial charge < -0.3 is 11.1 Å². The molecule has 1 aromatic rings. The van der Waals surface area contributed by atoms with Crippen molar-refractivity contribution in [2.75, 3.05) is 5.32 Å². The minimum Gasteiger partial charge on any atom is -0.367 e. The number of rotatable bonds is 2. The first-order chi connectivity index (χ1) is 7.24. The van der Waals surface area contributed by atoms with Crippen LogP contribution in [0.4, 0.5) is 5.82 Å². The largest absolute Gasteiger partial charge is 0.367 e. The Bertz CT molecular complexity index is 308. The molecule has 0 radical (unpaired) electrons. The maximum absolute atomic E-state index is 5.87. The van der Waals surface area contributed by atoms with E-state index in [1.54, 1.807) is 0 Å². The summed E-state index contributed by atoms with van der Waals surface area (Å²) in [5, 5.41) is 3.46. The van der Waals surface area contributed by atoms with Crippen LogP contribution in [0, 0.1) is 6.92 Å². The van der Waals surface area contributed by atoms with Crippen molar-refractivity contribution in [1.82, 2.24) is 4.98 Å². The van der Waals surface area contributed by atoms with Gasteiger partial charge in [-0.3, -0.25) is 0 Å². The monoisotopic (exact) mass is 277 g/mol. The van der Waals surface area contributed by atoms with Crippen LogP contribution in [0.3, 0.4) is 0 Å². The van der Waals surface area contributed by atoms with Gasteiger partial charge in [-0.05, 0) is 44.2 Å². The highest BCUT2D eigenvalue weighted by Crippen LogP contribution is 2.20. The fourth-order valence-electron chi connectivity index (χ4n) is 2.03. The number of anilines is 1. The second kappa shape index (κ2) is 7.75. The summed E-state index contributed by atoms with van der Waals surface area (Å²) in [4.78, 5) is 4.35. The first-order valence-electron chi connectivity index (χ1n) is 5.69. The average molecular weight is 278 g/mol. The molecule has 98 valence electrons. The van der Waals surface area contributed by atoms with E-state index in [9.17, 15) is 0 Å². The molecule has 2 rings (SSSR count). The number of halogens is 2. The van der Waals surface area contributed by atoms with E-state index in [4.69, 9.17) is 5.73 Å². The number of pyridine rings is 1. The Morgan fingerprint density at radius 3 is 2.35 bits per heavy atom. The lowest BCUT2D eigenvalue weighted by atomic mass is 9.92. The van der Waals surface area contributed by atoms with Crippen molar-refractivity contribution in [2.45, 2.75) is 44.7 Å². The third-order valence-electron chi connectivity index (χ3n) is 3.04. The molecule has 0 saturated heterocycles. The van der Waals surface area contributed by atoms with Crippen molar-refractivity contribution >= 4 is 30.6 Å². The Morgan fingerprint density at radius 1 is 1.18 bits per heavy atom. The number of nitrogens with zero attached hydrogens (tertiary/aromatic N) is 1. The van der Waals surface area contributed by atoms with Gasteiger partial charge in [0.15, 0.2) is 0 Å². The van der Waals surface area contributed by atoms with Crippen molar-refractivity contribution in [2.24, 2.45) is 5.73 Å². The fraction of sp³-hybridized carbons (Fsp3) is 0.583. The quantitative estimate of drug-likeness (QED) is 0.874. The maximum atomic E-state index is 5.87. The van der Waals surface area contributed by atoms with Crippen molar-refractivity contribution in [3.8, 4) is 0 Å². The zero-order chi connectivity index (χ0) is 10.7. The first-order valence-corrected chi connectivity index (χ1v) is 5.69. The molecule has 1 fully saturated rings. The highest BCUT2D eigenvalue weighted by molar-refractivity contribution is 5.85. The summed E-state index contributed by atoms with van der Waals surface area (Å²) in [5.74, 6) is 0.987. The molecule has 1 aromatic heterocycles. The number of hydrogen-bond donors (Lipinski definition) is 2. The SMILES string of the molecule is Cc1ccc(NC2CCC(N)CC2)nc1.Cl.Cl. The Morgan fingerprint density at radius 2 is 1.82 bits per heavy atom. The normalized spacial score (nSPS) is 23.2. The highest BCUT2D eigenvalue weighted by Gasteiger charge is 2.18. The van der Waals surface area contributed by atoms with E-state index < -0.39 is 0 Å². The van der Waals surface area contributed by atoms with E-state index in [1.807, 2.05) is 12.3 Å². The van der Waals surface area contributed by atoms with Crippen LogP contribution >= 0.6 is 24.8 Å². The summed E-state index contributed by atoms with van der Waals surface area (Å²) in [6, 6.07) is 5.10.